The summed E-state index contributed by atoms with van der Waals surface area (Å²) in [5, 5.41) is 19.9. The van der Waals surface area contributed by atoms with E-state index < -0.39 is 0 Å². The minimum atomic E-state index is 0.0459. The summed E-state index contributed by atoms with van der Waals surface area (Å²) >= 11 is 1.78. The van der Waals surface area contributed by atoms with Gasteiger partial charge in [0.15, 0.2) is 5.82 Å². The number of rotatable bonds is 5. The molecule has 2 aromatic rings. The van der Waals surface area contributed by atoms with Gasteiger partial charge in [-0.1, -0.05) is 32.1 Å². The predicted octanol–water partition coefficient (Wildman–Crippen LogP) is 2.82. The van der Waals surface area contributed by atoms with E-state index in [1.54, 1.807) is 11.3 Å². The lowest BCUT2D eigenvalue weighted by molar-refractivity contribution is 0.196. The Kier molecular flexibility index (Phi) is 4.24. The molecule has 6 nitrogen and oxygen atoms in total. The van der Waals surface area contributed by atoms with E-state index in [0.29, 0.717) is 12.0 Å². The molecule has 3 heterocycles. The molecule has 0 radical (unpaired) electrons. The lowest BCUT2D eigenvalue weighted by Crippen LogP contribution is -2.58. The van der Waals surface area contributed by atoms with Gasteiger partial charge in [0.1, 0.15) is 10.0 Å². The van der Waals surface area contributed by atoms with Crippen molar-refractivity contribution < 1.29 is 0 Å². The minimum absolute atomic E-state index is 0.0459. The van der Waals surface area contributed by atoms with Crippen LogP contribution in [-0.2, 0) is 12.0 Å². The van der Waals surface area contributed by atoms with Gasteiger partial charge >= 0.3 is 0 Å². The average Bonchev–Trinajstić information content (AvgIpc) is 3.26. The van der Waals surface area contributed by atoms with Crippen LogP contribution in [0.15, 0.2) is 12.1 Å². The second-order valence-corrected chi connectivity index (χ2v) is 9.40. The van der Waals surface area contributed by atoms with Crippen LogP contribution in [0.4, 0.5) is 5.82 Å². The number of hydrogen-bond donors (Lipinski definition) is 0. The highest BCUT2D eigenvalue weighted by Crippen LogP contribution is 2.41. The Morgan fingerprint density at radius 2 is 1.88 bits per heavy atom. The number of anilines is 1. The summed E-state index contributed by atoms with van der Waals surface area (Å²) < 4.78 is 0. The third-order valence-corrected chi connectivity index (χ3v) is 6.09. The Bertz CT molecular complexity index is 725. The highest BCUT2D eigenvalue weighted by atomic mass is 32.1. The zero-order valence-corrected chi connectivity index (χ0v) is 16.3. The molecule has 0 atom stereocenters. The summed E-state index contributed by atoms with van der Waals surface area (Å²) in [6, 6.07) is 4.73. The van der Waals surface area contributed by atoms with Crippen molar-refractivity contribution in [3.63, 3.8) is 0 Å². The van der Waals surface area contributed by atoms with E-state index in [9.17, 15) is 0 Å². The molecule has 1 aliphatic carbocycles. The number of likely N-dealkylation sites (N-methyl/N-ethyl adjacent to an activating group) is 1. The van der Waals surface area contributed by atoms with Crippen molar-refractivity contribution in [3.8, 4) is 0 Å². The Balaban J connectivity index is 1.30. The first-order chi connectivity index (χ1) is 11.9. The molecule has 0 aromatic carbocycles. The Hall–Kier alpha value is -1.60. The van der Waals surface area contributed by atoms with Crippen LogP contribution in [0.3, 0.4) is 0 Å². The van der Waals surface area contributed by atoms with Crippen LogP contribution >= 0.6 is 11.3 Å². The summed E-state index contributed by atoms with van der Waals surface area (Å²) in [4.78, 5) is 4.67. The third-order valence-electron chi connectivity index (χ3n) is 5.02. The normalized spacial score (nSPS) is 18.7. The topological polar surface area (TPSA) is 58.0 Å². The first-order valence-electron chi connectivity index (χ1n) is 9.02. The molecule has 2 aliphatic rings. The van der Waals surface area contributed by atoms with E-state index in [2.05, 4.69) is 70.1 Å². The first kappa shape index (κ1) is 16.8. The molecule has 0 amide bonds. The van der Waals surface area contributed by atoms with Crippen LogP contribution in [-0.4, -0.2) is 51.5 Å². The maximum atomic E-state index is 4.41. The molecule has 1 saturated carbocycles. The number of aromatic nitrogens is 4. The van der Waals surface area contributed by atoms with Crippen molar-refractivity contribution in [1.82, 2.24) is 25.3 Å². The fourth-order valence-corrected chi connectivity index (χ4v) is 4.06. The molecule has 4 rings (SSSR count). The maximum absolute atomic E-state index is 4.41. The van der Waals surface area contributed by atoms with Crippen LogP contribution in [0.25, 0.3) is 0 Å². The van der Waals surface area contributed by atoms with E-state index in [-0.39, 0.29) is 5.41 Å². The highest BCUT2D eigenvalue weighted by molar-refractivity contribution is 7.11. The van der Waals surface area contributed by atoms with Crippen LogP contribution in [0.5, 0.6) is 0 Å². The van der Waals surface area contributed by atoms with Crippen LogP contribution in [0.2, 0.25) is 0 Å². The van der Waals surface area contributed by atoms with Gasteiger partial charge in [-0.25, -0.2) is 0 Å². The van der Waals surface area contributed by atoms with Crippen molar-refractivity contribution in [3.05, 3.63) is 27.8 Å². The molecular weight excluding hydrogens is 332 g/mol. The van der Waals surface area contributed by atoms with Gasteiger partial charge in [0, 0.05) is 30.5 Å². The lowest BCUT2D eigenvalue weighted by atomic mass is 9.92. The molecule has 0 bridgehead atoms. The van der Waals surface area contributed by atoms with Crippen molar-refractivity contribution >= 4 is 17.2 Å². The molecular formula is C18H26N6S. The quantitative estimate of drug-likeness (QED) is 0.819. The minimum Gasteiger partial charge on any atom is -0.352 e. The van der Waals surface area contributed by atoms with Crippen molar-refractivity contribution in [2.45, 2.75) is 57.5 Å². The van der Waals surface area contributed by atoms with Crippen LogP contribution in [0.1, 0.15) is 55.2 Å². The zero-order chi connectivity index (χ0) is 17.6. The van der Waals surface area contributed by atoms with Crippen LogP contribution < -0.4 is 4.90 Å². The Morgan fingerprint density at radius 1 is 1.12 bits per heavy atom. The van der Waals surface area contributed by atoms with E-state index in [1.165, 1.54) is 17.8 Å². The molecule has 1 saturated heterocycles. The molecule has 0 N–H and O–H groups in total. The monoisotopic (exact) mass is 358 g/mol. The standard InChI is InChI=1S/C18H26N6S/c1-18(2,3)14-7-8-15(20-19-14)24-9-13(10-24)23(4)11-16-21-22-17(25-16)12-5-6-12/h7-8,12-13H,5-6,9-11H2,1-4H3. The molecule has 7 heteroatoms. The fraction of sp³-hybridized carbons (Fsp3) is 0.667. The van der Waals surface area contributed by atoms with E-state index >= 15 is 0 Å². The van der Waals surface area contributed by atoms with Crippen molar-refractivity contribution in [2.75, 3.05) is 25.0 Å². The highest BCUT2D eigenvalue weighted by Gasteiger charge is 2.32. The summed E-state index contributed by atoms with van der Waals surface area (Å²) in [5.74, 6) is 1.68. The van der Waals surface area contributed by atoms with E-state index in [1.807, 2.05) is 0 Å². The Labute approximate surface area is 153 Å². The lowest BCUT2D eigenvalue weighted by Gasteiger charge is -2.44. The molecule has 25 heavy (non-hydrogen) atoms. The third kappa shape index (κ3) is 3.67. The van der Waals surface area contributed by atoms with Gasteiger partial charge in [0.05, 0.1) is 12.2 Å². The van der Waals surface area contributed by atoms with Crippen molar-refractivity contribution in [1.29, 1.82) is 0 Å². The predicted molar refractivity (Wildman–Crippen MR) is 100 cm³/mol. The molecule has 2 fully saturated rings. The van der Waals surface area contributed by atoms with Gasteiger partial charge in [0.2, 0.25) is 0 Å². The average molecular weight is 359 g/mol. The Morgan fingerprint density at radius 3 is 2.48 bits per heavy atom. The molecule has 2 aromatic heterocycles. The summed E-state index contributed by atoms with van der Waals surface area (Å²) in [5.41, 5.74) is 1.08. The van der Waals surface area contributed by atoms with E-state index in [0.717, 1.165) is 36.2 Å². The van der Waals surface area contributed by atoms with Gasteiger partial charge in [-0.3, -0.25) is 4.90 Å². The fourth-order valence-electron chi connectivity index (χ4n) is 2.98. The SMILES string of the molecule is CN(Cc1nnc(C2CC2)s1)C1CN(c2ccc(C(C)(C)C)nn2)C1. The molecule has 1 aliphatic heterocycles. The van der Waals surface area contributed by atoms with E-state index in [4.69, 9.17) is 0 Å². The molecule has 0 unspecified atom stereocenters. The smallest absolute Gasteiger partial charge is 0.151 e. The maximum Gasteiger partial charge on any atom is 0.151 e. The van der Waals surface area contributed by atoms with Gasteiger partial charge < -0.3 is 4.90 Å². The zero-order valence-electron chi connectivity index (χ0n) is 15.4. The summed E-state index contributed by atoms with van der Waals surface area (Å²) in [6.07, 6.45) is 2.58. The van der Waals surface area contributed by atoms with Gasteiger partial charge in [-0.15, -0.1) is 15.3 Å². The van der Waals surface area contributed by atoms with Crippen LogP contribution in [0, 0.1) is 0 Å². The second kappa shape index (κ2) is 6.29. The summed E-state index contributed by atoms with van der Waals surface area (Å²) in [6.45, 7) is 9.36. The summed E-state index contributed by atoms with van der Waals surface area (Å²) in [7, 11) is 2.18. The van der Waals surface area contributed by atoms with Gasteiger partial charge in [-0.05, 0) is 32.0 Å². The van der Waals surface area contributed by atoms with Gasteiger partial charge in [-0.2, -0.15) is 5.10 Å². The van der Waals surface area contributed by atoms with Crippen molar-refractivity contribution in [2.24, 2.45) is 0 Å². The molecule has 134 valence electrons. The second-order valence-electron chi connectivity index (χ2n) is 8.31. The number of hydrogen-bond acceptors (Lipinski definition) is 7. The number of nitrogens with zero attached hydrogens (tertiary/aromatic N) is 6. The first-order valence-corrected chi connectivity index (χ1v) is 9.83. The van der Waals surface area contributed by atoms with Gasteiger partial charge in [0.25, 0.3) is 0 Å². The largest absolute Gasteiger partial charge is 0.352 e. The molecule has 0 spiro atoms.